The summed E-state index contributed by atoms with van der Waals surface area (Å²) in [5.74, 6) is 1.19. The highest BCUT2D eigenvalue weighted by Crippen LogP contribution is 2.18. The fourth-order valence-corrected chi connectivity index (χ4v) is 1.34. The van der Waals surface area contributed by atoms with E-state index in [1.165, 1.54) is 0 Å². The topological polar surface area (TPSA) is 80.0 Å². The molecule has 19 heavy (non-hydrogen) atoms. The summed E-state index contributed by atoms with van der Waals surface area (Å²) in [4.78, 5) is 15.9. The van der Waals surface area contributed by atoms with Gasteiger partial charge in [0.25, 0.3) is 0 Å². The molecular weight excluding hydrogens is 244 g/mol. The molecule has 0 aromatic carbocycles. The zero-order chi connectivity index (χ0) is 14.5. The molecule has 1 heterocycles. The number of nitrogens with one attached hydrogen (secondary N) is 2. The standard InChI is InChI=1S/C13H24N4O2/c1-9(14-5)8-15-10(18)6-7-11-16-12(17-19-11)13(2,3)4/h9,14H,6-8H2,1-5H3,(H,15,18). The van der Waals surface area contributed by atoms with Crippen molar-refractivity contribution in [2.45, 2.75) is 52.0 Å². The van der Waals surface area contributed by atoms with Crippen molar-refractivity contribution in [2.75, 3.05) is 13.6 Å². The number of hydrogen-bond acceptors (Lipinski definition) is 5. The van der Waals surface area contributed by atoms with Crippen LogP contribution in [0.2, 0.25) is 0 Å². The lowest BCUT2D eigenvalue weighted by molar-refractivity contribution is -0.121. The molecule has 0 aliphatic carbocycles. The van der Waals surface area contributed by atoms with E-state index in [1.54, 1.807) is 0 Å². The number of hydrogen-bond donors (Lipinski definition) is 2. The number of aryl methyl sites for hydroxylation is 1. The molecular formula is C13H24N4O2. The van der Waals surface area contributed by atoms with E-state index in [-0.39, 0.29) is 17.4 Å². The molecule has 1 amide bonds. The predicted molar refractivity (Wildman–Crippen MR) is 72.9 cm³/mol. The van der Waals surface area contributed by atoms with Crippen molar-refractivity contribution in [3.8, 4) is 0 Å². The van der Waals surface area contributed by atoms with E-state index in [2.05, 4.69) is 20.8 Å². The maximum atomic E-state index is 11.6. The van der Waals surface area contributed by atoms with Gasteiger partial charge in [0.05, 0.1) is 0 Å². The van der Waals surface area contributed by atoms with Gasteiger partial charge in [0.1, 0.15) is 0 Å². The summed E-state index contributed by atoms with van der Waals surface area (Å²) in [5.41, 5.74) is -0.133. The second-order valence-electron chi connectivity index (χ2n) is 5.76. The van der Waals surface area contributed by atoms with Gasteiger partial charge in [0, 0.05) is 30.8 Å². The SMILES string of the molecule is CNC(C)CNC(=O)CCc1nc(C(C)(C)C)no1. The molecule has 1 unspecified atom stereocenters. The third-order valence-corrected chi connectivity index (χ3v) is 2.80. The zero-order valence-electron chi connectivity index (χ0n) is 12.4. The molecule has 0 bridgehead atoms. The van der Waals surface area contributed by atoms with Crippen LogP contribution in [0.25, 0.3) is 0 Å². The zero-order valence-corrected chi connectivity index (χ0v) is 12.4. The monoisotopic (exact) mass is 268 g/mol. The highest BCUT2D eigenvalue weighted by Gasteiger charge is 2.21. The lowest BCUT2D eigenvalue weighted by Crippen LogP contribution is -2.37. The van der Waals surface area contributed by atoms with Crippen LogP contribution in [-0.4, -0.2) is 35.7 Å². The summed E-state index contributed by atoms with van der Waals surface area (Å²) in [6.07, 6.45) is 0.838. The first-order chi connectivity index (χ1) is 8.82. The van der Waals surface area contributed by atoms with Crippen LogP contribution in [-0.2, 0) is 16.6 Å². The highest BCUT2D eigenvalue weighted by atomic mass is 16.5. The van der Waals surface area contributed by atoms with Gasteiger partial charge in [0.15, 0.2) is 5.82 Å². The van der Waals surface area contributed by atoms with Gasteiger partial charge in [-0.15, -0.1) is 0 Å². The van der Waals surface area contributed by atoms with Crippen molar-refractivity contribution in [3.05, 3.63) is 11.7 Å². The van der Waals surface area contributed by atoms with Crippen molar-refractivity contribution >= 4 is 5.91 Å². The molecule has 1 rings (SSSR count). The van der Waals surface area contributed by atoms with Crippen LogP contribution in [0.1, 0.15) is 45.8 Å². The lowest BCUT2D eigenvalue weighted by atomic mass is 9.96. The number of carbonyl (C=O) groups is 1. The Bertz CT molecular complexity index is 409. The molecule has 0 saturated heterocycles. The van der Waals surface area contributed by atoms with Crippen LogP contribution >= 0.6 is 0 Å². The summed E-state index contributed by atoms with van der Waals surface area (Å²) in [6.45, 7) is 8.69. The molecule has 108 valence electrons. The van der Waals surface area contributed by atoms with Gasteiger partial charge in [-0.25, -0.2) is 0 Å². The van der Waals surface area contributed by atoms with Gasteiger partial charge in [-0.2, -0.15) is 4.98 Å². The fraction of sp³-hybridized carbons (Fsp3) is 0.769. The Morgan fingerprint density at radius 2 is 2.11 bits per heavy atom. The fourth-order valence-electron chi connectivity index (χ4n) is 1.34. The van der Waals surface area contributed by atoms with Crippen molar-refractivity contribution in [1.29, 1.82) is 0 Å². The number of nitrogens with zero attached hydrogens (tertiary/aromatic N) is 2. The summed E-state index contributed by atoms with van der Waals surface area (Å²) in [5, 5.41) is 9.83. The molecule has 0 aliphatic rings. The van der Waals surface area contributed by atoms with Crippen molar-refractivity contribution in [1.82, 2.24) is 20.8 Å². The summed E-state index contributed by atoms with van der Waals surface area (Å²) >= 11 is 0. The third kappa shape index (κ3) is 5.38. The average molecular weight is 268 g/mol. The molecule has 2 N–H and O–H groups in total. The first-order valence-corrected chi connectivity index (χ1v) is 6.60. The molecule has 6 nitrogen and oxygen atoms in total. The molecule has 1 aromatic heterocycles. The van der Waals surface area contributed by atoms with Gasteiger partial charge in [-0.3, -0.25) is 4.79 Å². The van der Waals surface area contributed by atoms with Crippen LogP contribution in [0.4, 0.5) is 0 Å². The number of carbonyl (C=O) groups excluding carboxylic acids is 1. The van der Waals surface area contributed by atoms with Gasteiger partial charge >= 0.3 is 0 Å². The minimum atomic E-state index is -0.133. The Kier molecular flexibility index (Phi) is 5.47. The van der Waals surface area contributed by atoms with Crippen LogP contribution in [0.5, 0.6) is 0 Å². The van der Waals surface area contributed by atoms with E-state index in [4.69, 9.17) is 4.52 Å². The van der Waals surface area contributed by atoms with Gasteiger partial charge in [-0.1, -0.05) is 25.9 Å². The molecule has 0 fully saturated rings. The van der Waals surface area contributed by atoms with E-state index in [0.29, 0.717) is 31.1 Å². The largest absolute Gasteiger partial charge is 0.355 e. The van der Waals surface area contributed by atoms with E-state index < -0.39 is 0 Å². The second-order valence-corrected chi connectivity index (χ2v) is 5.76. The Balaban J connectivity index is 2.36. The van der Waals surface area contributed by atoms with Crippen LogP contribution in [0, 0.1) is 0 Å². The summed E-state index contributed by atoms with van der Waals surface area (Å²) in [6, 6.07) is 0.264. The molecule has 1 aromatic rings. The minimum Gasteiger partial charge on any atom is -0.355 e. The smallest absolute Gasteiger partial charge is 0.227 e. The van der Waals surface area contributed by atoms with E-state index in [0.717, 1.165) is 0 Å². The van der Waals surface area contributed by atoms with Crippen molar-refractivity contribution in [3.63, 3.8) is 0 Å². The average Bonchev–Trinajstić information content (AvgIpc) is 2.82. The van der Waals surface area contributed by atoms with Gasteiger partial charge < -0.3 is 15.2 Å². The maximum absolute atomic E-state index is 11.6. The number of amides is 1. The van der Waals surface area contributed by atoms with Crippen LogP contribution in [0.15, 0.2) is 4.52 Å². The molecule has 0 aliphatic heterocycles. The first kappa shape index (κ1) is 15.6. The van der Waals surface area contributed by atoms with Crippen molar-refractivity contribution in [2.24, 2.45) is 0 Å². The molecule has 0 spiro atoms. The first-order valence-electron chi connectivity index (χ1n) is 6.60. The number of rotatable bonds is 6. The summed E-state index contributed by atoms with van der Waals surface area (Å²) < 4.78 is 5.13. The van der Waals surface area contributed by atoms with E-state index in [1.807, 2.05) is 34.7 Å². The molecule has 0 saturated carbocycles. The second kappa shape index (κ2) is 6.65. The van der Waals surface area contributed by atoms with Gasteiger partial charge in [0.2, 0.25) is 11.8 Å². The molecule has 0 radical (unpaired) electrons. The maximum Gasteiger partial charge on any atom is 0.227 e. The minimum absolute atomic E-state index is 0.00221. The van der Waals surface area contributed by atoms with Crippen LogP contribution in [0.3, 0.4) is 0 Å². The van der Waals surface area contributed by atoms with Gasteiger partial charge in [-0.05, 0) is 14.0 Å². The number of aromatic nitrogens is 2. The Morgan fingerprint density at radius 3 is 2.63 bits per heavy atom. The highest BCUT2D eigenvalue weighted by molar-refractivity contribution is 5.76. The normalized spacial score (nSPS) is 13.3. The predicted octanol–water partition coefficient (Wildman–Crippen LogP) is 1.02. The summed E-state index contributed by atoms with van der Waals surface area (Å²) in [7, 11) is 1.86. The van der Waals surface area contributed by atoms with E-state index in [9.17, 15) is 4.79 Å². The van der Waals surface area contributed by atoms with E-state index >= 15 is 0 Å². The Morgan fingerprint density at radius 1 is 1.42 bits per heavy atom. The molecule has 6 heteroatoms. The van der Waals surface area contributed by atoms with Crippen molar-refractivity contribution < 1.29 is 9.32 Å². The Labute approximate surface area is 114 Å². The Hall–Kier alpha value is -1.43. The lowest BCUT2D eigenvalue weighted by Gasteiger charge is -2.11. The quantitative estimate of drug-likeness (QED) is 0.805. The number of likely N-dealkylation sites (N-methyl/N-ethyl adjacent to an activating group) is 1. The third-order valence-electron chi connectivity index (χ3n) is 2.80. The van der Waals surface area contributed by atoms with Crippen LogP contribution < -0.4 is 10.6 Å². The molecule has 1 atom stereocenters.